The lowest BCUT2D eigenvalue weighted by Crippen LogP contribution is -2.22. The molecule has 0 aliphatic heterocycles. The molecule has 8 heteroatoms. The van der Waals surface area contributed by atoms with Crippen molar-refractivity contribution in [3.63, 3.8) is 0 Å². The molecule has 0 fully saturated rings. The minimum atomic E-state index is -0.640. The predicted octanol–water partition coefficient (Wildman–Crippen LogP) is 2.98. The van der Waals surface area contributed by atoms with Crippen LogP contribution in [0, 0.1) is 0 Å². The third kappa shape index (κ3) is 4.54. The van der Waals surface area contributed by atoms with E-state index in [1.165, 1.54) is 19.2 Å². The summed E-state index contributed by atoms with van der Waals surface area (Å²) in [5.74, 6) is -1.79. The van der Waals surface area contributed by atoms with Gasteiger partial charge in [0.2, 0.25) is 0 Å². The number of amides is 1. The fraction of sp³-hybridized carbons (Fsp3) is 0.133. The standard InChI is InChI=1S/C15H12ClNO5S/c1-21-14(19)9-4-2-3-5-10(9)17-13(18)8-22-15(20)11-6-7-12(16)23-11/h2-7H,8H2,1H3,(H,17,18). The number of anilines is 1. The maximum absolute atomic E-state index is 11.9. The van der Waals surface area contributed by atoms with Crippen LogP contribution in [-0.4, -0.2) is 31.6 Å². The van der Waals surface area contributed by atoms with E-state index in [-0.39, 0.29) is 11.3 Å². The first-order chi connectivity index (χ1) is 11.0. The highest BCUT2D eigenvalue weighted by Crippen LogP contribution is 2.22. The van der Waals surface area contributed by atoms with Crippen molar-refractivity contribution in [3.05, 3.63) is 51.2 Å². The van der Waals surface area contributed by atoms with Crippen LogP contribution in [0.4, 0.5) is 5.69 Å². The first-order valence-corrected chi connectivity index (χ1v) is 7.60. The van der Waals surface area contributed by atoms with E-state index in [0.29, 0.717) is 9.21 Å². The van der Waals surface area contributed by atoms with Crippen molar-refractivity contribution in [2.75, 3.05) is 19.0 Å². The number of carbonyl (C=O) groups is 3. The van der Waals surface area contributed by atoms with Crippen molar-refractivity contribution in [1.29, 1.82) is 0 Å². The minimum Gasteiger partial charge on any atom is -0.465 e. The summed E-state index contributed by atoms with van der Waals surface area (Å²) in [5.41, 5.74) is 0.485. The number of thiophene rings is 1. The fourth-order valence-corrected chi connectivity index (χ4v) is 2.63. The molecule has 6 nitrogen and oxygen atoms in total. The molecule has 0 unspecified atom stereocenters. The molecule has 0 aliphatic carbocycles. The second-order valence-electron chi connectivity index (χ2n) is 4.27. The molecule has 23 heavy (non-hydrogen) atoms. The van der Waals surface area contributed by atoms with Crippen molar-refractivity contribution in [3.8, 4) is 0 Å². The van der Waals surface area contributed by atoms with Gasteiger partial charge in [-0.05, 0) is 24.3 Å². The zero-order valence-corrected chi connectivity index (χ0v) is 13.6. The van der Waals surface area contributed by atoms with Gasteiger partial charge < -0.3 is 14.8 Å². The largest absolute Gasteiger partial charge is 0.465 e. The molecule has 0 bridgehead atoms. The number of rotatable bonds is 5. The molecule has 0 saturated carbocycles. The first kappa shape index (κ1) is 17.0. The van der Waals surface area contributed by atoms with Gasteiger partial charge in [-0.3, -0.25) is 4.79 Å². The third-order valence-corrected chi connectivity index (χ3v) is 3.93. The molecule has 0 spiro atoms. The minimum absolute atomic E-state index is 0.208. The van der Waals surface area contributed by atoms with Gasteiger partial charge in [0.05, 0.1) is 22.7 Å². The first-order valence-electron chi connectivity index (χ1n) is 6.41. The topological polar surface area (TPSA) is 81.7 Å². The van der Waals surface area contributed by atoms with Crippen LogP contribution >= 0.6 is 22.9 Å². The zero-order valence-electron chi connectivity index (χ0n) is 12.0. The Labute approximate surface area is 141 Å². The van der Waals surface area contributed by atoms with E-state index in [9.17, 15) is 14.4 Å². The van der Waals surface area contributed by atoms with E-state index in [1.54, 1.807) is 24.3 Å². The molecule has 2 rings (SSSR count). The summed E-state index contributed by atoms with van der Waals surface area (Å²) in [7, 11) is 1.24. The van der Waals surface area contributed by atoms with E-state index in [4.69, 9.17) is 16.3 Å². The quantitative estimate of drug-likeness (QED) is 0.836. The SMILES string of the molecule is COC(=O)c1ccccc1NC(=O)COC(=O)c1ccc(Cl)s1. The molecule has 1 aromatic heterocycles. The van der Waals surface area contributed by atoms with Gasteiger partial charge in [-0.15, -0.1) is 11.3 Å². The van der Waals surface area contributed by atoms with Gasteiger partial charge in [0.15, 0.2) is 6.61 Å². The molecule has 0 radical (unpaired) electrons. The molecule has 1 amide bonds. The van der Waals surface area contributed by atoms with E-state index >= 15 is 0 Å². The Morgan fingerprint density at radius 1 is 1.13 bits per heavy atom. The van der Waals surface area contributed by atoms with Crippen LogP contribution in [0.5, 0.6) is 0 Å². The van der Waals surface area contributed by atoms with Crippen molar-refractivity contribution < 1.29 is 23.9 Å². The molecule has 1 N–H and O–H groups in total. The average Bonchev–Trinajstić information content (AvgIpc) is 2.99. The maximum Gasteiger partial charge on any atom is 0.348 e. The van der Waals surface area contributed by atoms with Crippen LogP contribution in [0.15, 0.2) is 36.4 Å². The molecular weight excluding hydrogens is 342 g/mol. The summed E-state index contributed by atoms with van der Waals surface area (Å²) >= 11 is 6.78. The van der Waals surface area contributed by atoms with Gasteiger partial charge in [-0.25, -0.2) is 9.59 Å². The van der Waals surface area contributed by atoms with Gasteiger partial charge in [0.25, 0.3) is 5.91 Å². The lowest BCUT2D eigenvalue weighted by molar-refractivity contribution is -0.119. The fourth-order valence-electron chi connectivity index (χ4n) is 1.69. The normalized spacial score (nSPS) is 10.0. The molecular formula is C15H12ClNO5S. The lowest BCUT2D eigenvalue weighted by atomic mass is 10.2. The molecule has 1 heterocycles. The number of halogens is 1. The van der Waals surface area contributed by atoms with E-state index < -0.39 is 24.5 Å². The number of esters is 2. The summed E-state index contributed by atoms with van der Waals surface area (Å²) in [5, 5.41) is 2.50. The van der Waals surface area contributed by atoms with Gasteiger partial charge in [0.1, 0.15) is 4.88 Å². The molecule has 1 aromatic carbocycles. The number of methoxy groups -OCH3 is 1. The second-order valence-corrected chi connectivity index (χ2v) is 5.98. The second kappa shape index (κ2) is 7.75. The highest BCUT2D eigenvalue weighted by Gasteiger charge is 2.15. The van der Waals surface area contributed by atoms with Crippen LogP contribution in [0.2, 0.25) is 4.34 Å². The van der Waals surface area contributed by atoms with E-state index in [0.717, 1.165) is 11.3 Å². The Bertz CT molecular complexity index is 743. The highest BCUT2D eigenvalue weighted by atomic mass is 35.5. The van der Waals surface area contributed by atoms with E-state index in [1.807, 2.05) is 0 Å². The van der Waals surface area contributed by atoms with E-state index in [2.05, 4.69) is 10.1 Å². The Kier molecular flexibility index (Phi) is 5.72. The van der Waals surface area contributed by atoms with Crippen molar-refractivity contribution in [2.24, 2.45) is 0 Å². The number of nitrogens with one attached hydrogen (secondary N) is 1. The van der Waals surface area contributed by atoms with Crippen molar-refractivity contribution in [2.45, 2.75) is 0 Å². The maximum atomic E-state index is 11.9. The number of ether oxygens (including phenoxy) is 2. The van der Waals surface area contributed by atoms with Crippen LogP contribution in [0.25, 0.3) is 0 Å². The molecule has 0 saturated heterocycles. The van der Waals surface area contributed by atoms with Crippen molar-refractivity contribution in [1.82, 2.24) is 0 Å². The Balaban J connectivity index is 1.95. The van der Waals surface area contributed by atoms with Crippen LogP contribution in [0.3, 0.4) is 0 Å². The Morgan fingerprint density at radius 3 is 2.52 bits per heavy atom. The number of para-hydroxylation sites is 1. The molecule has 0 atom stereocenters. The molecule has 2 aromatic rings. The van der Waals surface area contributed by atoms with Crippen molar-refractivity contribution >= 4 is 46.5 Å². The van der Waals surface area contributed by atoms with Gasteiger partial charge in [0, 0.05) is 0 Å². The molecule has 0 aliphatic rings. The third-order valence-electron chi connectivity index (χ3n) is 2.72. The van der Waals surface area contributed by atoms with Gasteiger partial charge in [-0.1, -0.05) is 23.7 Å². The number of carbonyl (C=O) groups excluding carboxylic acids is 3. The lowest BCUT2D eigenvalue weighted by Gasteiger charge is -2.09. The van der Waals surface area contributed by atoms with Crippen LogP contribution < -0.4 is 5.32 Å². The number of benzene rings is 1. The number of hydrogen-bond donors (Lipinski definition) is 1. The van der Waals surface area contributed by atoms with Crippen LogP contribution in [0.1, 0.15) is 20.0 Å². The van der Waals surface area contributed by atoms with Gasteiger partial charge in [-0.2, -0.15) is 0 Å². The summed E-state index contributed by atoms with van der Waals surface area (Å²) in [4.78, 5) is 35.5. The Hall–Kier alpha value is -2.38. The summed E-state index contributed by atoms with van der Waals surface area (Å²) in [6.45, 7) is -0.482. The Morgan fingerprint density at radius 2 is 1.87 bits per heavy atom. The smallest absolute Gasteiger partial charge is 0.348 e. The number of hydrogen-bond acceptors (Lipinski definition) is 6. The summed E-state index contributed by atoms with van der Waals surface area (Å²) in [6.07, 6.45) is 0. The molecule has 120 valence electrons. The van der Waals surface area contributed by atoms with Crippen LogP contribution in [-0.2, 0) is 14.3 Å². The summed E-state index contributed by atoms with van der Waals surface area (Å²) in [6, 6.07) is 9.44. The average molecular weight is 354 g/mol. The monoisotopic (exact) mass is 353 g/mol. The van der Waals surface area contributed by atoms with Gasteiger partial charge >= 0.3 is 11.9 Å². The summed E-state index contributed by atoms with van der Waals surface area (Å²) < 4.78 is 9.97. The zero-order chi connectivity index (χ0) is 16.8. The predicted molar refractivity (Wildman–Crippen MR) is 86.0 cm³/mol. The highest BCUT2D eigenvalue weighted by molar-refractivity contribution is 7.17.